The molecule has 0 aliphatic heterocycles. The Balaban J connectivity index is 2.97. The van der Waals surface area contributed by atoms with Crippen LogP contribution in [0.25, 0.3) is 0 Å². The number of rotatable bonds is 0. The minimum Gasteiger partial charge on any atom is -0.378 e. The van der Waals surface area contributed by atoms with Crippen molar-refractivity contribution in [2.24, 2.45) is 0 Å². The van der Waals surface area contributed by atoms with Gasteiger partial charge in [0.05, 0.1) is 11.8 Å². The lowest BCUT2D eigenvalue weighted by molar-refractivity contribution is 0.143. The first-order valence-electron chi connectivity index (χ1n) is 3.84. The van der Waals surface area contributed by atoms with Crippen LogP contribution in [0.5, 0.6) is 0 Å². The molecule has 0 atom stereocenters. The highest BCUT2D eigenvalue weighted by molar-refractivity contribution is 5.35. The van der Waals surface area contributed by atoms with Gasteiger partial charge in [-0.3, -0.25) is 4.98 Å². The number of aromatic nitrogens is 1. The third kappa shape index (κ3) is 3.22. The molecule has 0 aliphatic carbocycles. The van der Waals surface area contributed by atoms with Gasteiger partial charge in [-0.25, -0.2) is 4.39 Å². The molecule has 0 saturated heterocycles. The van der Waals surface area contributed by atoms with E-state index in [9.17, 15) is 9.50 Å². The maximum absolute atomic E-state index is 12.9. The largest absolute Gasteiger partial charge is 0.378 e. The second-order valence-electron chi connectivity index (χ2n) is 3.16. The lowest BCUT2D eigenvalue weighted by atomic mass is 10.1. The topological polar surface area (TPSA) is 33.1 Å². The van der Waals surface area contributed by atoms with Crippen molar-refractivity contribution in [2.45, 2.75) is 19.4 Å². The fourth-order valence-electron chi connectivity index (χ4n) is 0.697. The van der Waals surface area contributed by atoms with Crippen LogP contribution in [-0.2, 0) is 0 Å². The van der Waals surface area contributed by atoms with Crippen LogP contribution < -0.4 is 0 Å². The van der Waals surface area contributed by atoms with Crippen molar-refractivity contribution in [3.8, 4) is 11.8 Å². The average Bonchev–Trinajstić information content (AvgIpc) is 2.01. The van der Waals surface area contributed by atoms with Gasteiger partial charge in [0, 0.05) is 6.20 Å². The molecule has 2 nitrogen and oxygen atoms in total. The molecule has 0 saturated carbocycles. The maximum Gasteiger partial charge on any atom is 0.157 e. The predicted octanol–water partition coefficient (Wildman–Crippen LogP) is 1.34. The van der Waals surface area contributed by atoms with Crippen molar-refractivity contribution in [1.29, 1.82) is 0 Å². The quantitative estimate of drug-likeness (QED) is 0.610. The van der Waals surface area contributed by atoms with Crippen molar-refractivity contribution in [1.82, 2.24) is 4.98 Å². The molecule has 0 radical (unpaired) electrons. The van der Waals surface area contributed by atoms with E-state index in [4.69, 9.17) is 0 Å². The molecule has 13 heavy (non-hydrogen) atoms. The third-order valence-electron chi connectivity index (χ3n) is 1.28. The first kappa shape index (κ1) is 9.69. The van der Waals surface area contributed by atoms with E-state index in [1.54, 1.807) is 13.8 Å². The van der Waals surface area contributed by atoms with Gasteiger partial charge in [-0.05, 0) is 19.9 Å². The monoisotopic (exact) mass is 179 g/mol. The maximum atomic E-state index is 12.9. The van der Waals surface area contributed by atoms with Crippen LogP contribution in [0, 0.1) is 17.7 Å². The van der Waals surface area contributed by atoms with Crippen molar-refractivity contribution < 1.29 is 9.50 Å². The molecular weight excluding hydrogens is 169 g/mol. The molecule has 0 spiro atoms. The summed E-state index contributed by atoms with van der Waals surface area (Å²) in [6, 6.07) is 1.47. The molecule has 1 rings (SSSR count). The van der Waals surface area contributed by atoms with Crippen LogP contribution in [0.1, 0.15) is 19.4 Å². The third-order valence-corrected chi connectivity index (χ3v) is 1.28. The fourth-order valence-corrected chi connectivity index (χ4v) is 0.697. The molecule has 1 aromatic rings. The summed E-state index contributed by atoms with van der Waals surface area (Å²) in [6.45, 7) is 3.08. The number of pyridine rings is 1. The van der Waals surface area contributed by atoms with E-state index in [-0.39, 0.29) is 5.56 Å². The van der Waals surface area contributed by atoms with Crippen LogP contribution in [0.4, 0.5) is 4.39 Å². The molecule has 0 aliphatic rings. The number of nitrogens with zero attached hydrogens (tertiary/aromatic N) is 1. The number of halogens is 1. The summed E-state index contributed by atoms with van der Waals surface area (Å²) in [7, 11) is 0. The van der Waals surface area contributed by atoms with Gasteiger partial charge >= 0.3 is 0 Å². The smallest absolute Gasteiger partial charge is 0.157 e. The molecule has 1 aromatic heterocycles. The standard InChI is InChI=1S/C10H10FNO/c1-10(2,13)5-3-8-4-6-12-7-9(8)11/h4,6-7,13H,1-2H3. The first-order chi connectivity index (χ1) is 5.99. The van der Waals surface area contributed by atoms with Gasteiger partial charge in [0.15, 0.2) is 5.82 Å². The number of aliphatic hydroxyl groups is 1. The second kappa shape index (κ2) is 3.55. The minimum absolute atomic E-state index is 0.247. The highest BCUT2D eigenvalue weighted by atomic mass is 19.1. The van der Waals surface area contributed by atoms with Crippen LogP contribution >= 0.6 is 0 Å². The van der Waals surface area contributed by atoms with Gasteiger partial charge < -0.3 is 5.11 Å². The Hall–Kier alpha value is -1.40. The van der Waals surface area contributed by atoms with Gasteiger partial charge in [-0.2, -0.15) is 0 Å². The van der Waals surface area contributed by atoms with Crippen molar-refractivity contribution in [3.05, 3.63) is 29.8 Å². The number of hydrogen-bond donors (Lipinski definition) is 1. The van der Waals surface area contributed by atoms with Crippen molar-refractivity contribution in [3.63, 3.8) is 0 Å². The summed E-state index contributed by atoms with van der Waals surface area (Å²) in [5.41, 5.74) is -0.854. The van der Waals surface area contributed by atoms with Crippen molar-refractivity contribution >= 4 is 0 Å². The average molecular weight is 179 g/mol. The Morgan fingerprint density at radius 3 is 2.77 bits per heavy atom. The zero-order valence-corrected chi connectivity index (χ0v) is 7.50. The summed E-state index contributed by atoms with van der Waals surface area (Å²) < 4.78 is 12.9. The Kier molecular flexibility index (Phi) is 2.64. The normalized spacial score (nSPS) is 10.5. The van der Waals surface area contributed by atoms with E-state index in [2.05, 4.69) is 16.8 Å². The molecular formula is C10H10FNO. The highest BCUT2D eigenvalue weighted by Gasteiger charge is 2.06. The zero-order chi connectivity index (χ0) is 9.90. The van der Waals surface area contributed by atoms with Crippen LogP contribution in [0.3, 0.4) is 0 Å². The lowest BCUT2D eigenvalue weighted by Crippen LogP contribution is -2.14. The highest BCUT2D eigenvalue weighted by Crippen LogP contribution is 2.03. The zero-order valence-electron chi connectivity index (χ0n) is 7.50. The molecule has 1 heterocycles. The summed E-state index contributed by atoms with van der Waals surface area (Å²) in [6.07, 6.45) is 2.55. The van der Waals surface area contributed by atoms with E-state index in [0.717, 1.165) is 6.20 Å². The summed E-state index contributed by atoms with van der Waals surface area (Å²) in [5, 5.41) is 9.26. The van der Waals surface area contributed by atoms with Gasteiger partial charge in [0.2, 0.25) is 0 Å². The van der Waals surface area contributed by atoms with E-state index < -0.39 is 11.4 Å². The van der Waals surface area contributed by atoms with Gasteiger partial charge in [-0.15, -0.1) is 0 Å². The van der Waals surface area contributed by atoms with Crippen LogP contribution in [-0.4, -0.2) is 15.7 Å². The van der Waals surface area contributed by atoms with Crippen molar-refractivity contribution in [2.75, 3.05) is 0 Å². The molecule has 3 heteroatoms. The lowest BCUT2D eigenvalue weighted by Gasteiger charge is -2.05. The van der Waals surface area contributed by atoms with Crippen LogP contribution in [0.2, 0.25) is 0 Å². The summed E-state index contributed by atoms with van der Waals surface area (Å²) in [5.74, 6) is 4.58. The summed E-state index contributed by atoms with van der Waals surface area (Å²) in [4.78, 5) is 3.58. The Morgan fingerprint density at radius 1 is 1.54 bits per heavy atom. The van der Waals surface area contributed by atoms with E-state index in [0.29, 0.717) is 0 Å². The molecule has 68 valence electrons. The Morgan fingerprint density at radius 2 is 2.23 bits per heavy atom. The van der Waals surface area contributed by atoms with E-state index in [1.165, 1.54) is 12.3 Å². The molecule has 0 unspecified atom stereocenters. The molecule has 0 bridgehead atoms. The SMILES string of the molecule is CC(C)(O)C#Cc1ccncc1F. The molecule has 0 aromatic carbocycles. The predicted molar refractivity (Wildman–Crippen MR) is 47.4 cm³/mol. The molecule has 1 N–H and O–H groups in total. The Labute approximate surface area is 76.4 Å². The molecule has 0 fully saturated rings. The van der Waals surface area contributed by atoms with Gasteiger partial charge in [0.1, 0.15) is 5.60 Å². The number of hydrogen-bond acceptors (Lipinski definition) is 2. The molecule has 0 amide bonds. The Bertz CT molecular complexity index is 357. The van der Waals surface area contributed by atoms with Gasteiger partial charge in [0.25, 0.3) is 0 Å². The van der Waals surface area contributed by atoms with E-state index >= 15 is 0 Å². The first-order valence-corrected chi connectivity index (χ1v) is 3.84. The minimum atomic E-state index is -1.10. The van der Waals surface area contributed by atoms with Crippen LogP contribution in [0.15, 0.2) is 18.5 Å². The van der Waals surface area contributed by atoms with E-state index in [1.807, 2.05) is 0 Å². The second-order valence-corrected chi connectivity index (χ2v) is 3.16. The van der Waals surface area contributed by atoms with Gasteiger partial charge in [-0.1, -0.05) is 11.8 Å². The fraction of sp³-hybridized carbons (Fsp3) is 0.300. The summed E-state index contributed by atoms with van der Waals surface area (Å²) >= 11 is 0.